The lowest BCUT2D eigenvalue weighted by Crippen LogP contribution is -2.49. The van der Waals surface area contributed by atoms with Gasteiger partial charge in [-0.15, -0.1) is 0 Å². The Labute approximate surface area is 121 Å². The summed E-state index contributed by atoms with van der Waals surface area (Å²) < 4.78 is 0. The van der Waals surface area contributed by atoms with Gasteiger partial charge in [-0.3, -0.25) is 9.69 Å². The van der Waals surface area contributed by atoms with Crippen LogP contribution in [0, 0.1) is 13.8 Å². The molecule has 0 bridgehead atoms. The lowest BCUT2D eigenvalue weighted by Gasteiger charge is -2.35. The first-order valence-corrected chi connectivity index (χ1v) is 7.28. The first-order chi connectivity index (χ1) is 9.47. The lowest BCUT2D eigenvalue weighted by atomic mass is 9.99. The third-order valence-electron chi connectivity index (χ3n) is 4.11. The lowest BCUT2D eigenvalue weighted by molar-refractivity contribution is -0.130. The van der Waals surface area contributed by atoms with E-state index in [4.69, 9.17) is 5.73 Å². The van der Waals surface area contributed by atoms with Gasteiger partial charge in [0.05, 0.1) is 0 Å². The van der Waals surface area contributed by atoms with Crippen molar-refractivity contribution < 1.29 is 4.79 Å². The Morgan fingerprint density at radius 3 is 2.50 bits per heavy atom. The van der Waals surface area contributed by atoms with Crippen molar-refractivity contribution in [2.45, 2.75) is 26.8 Å². The highest BCUT2D eigenvalue weighted by Crippen LogP contribution is 2.19. The molecule has 1 aromatic rings. The Hall–Kier alpha value is -1.39. The fraction of sp³-hybridized carbons (Fsp3) is 0.562. The molecule has 2 rings (SSSR count). The van der Waals surface area contributed by atoms with Crippen molar-refractivity contribution in [1.82, 2.24) is 9.80 Å². The summed E-state index contributed by atoms with van der Waals surface area (Å²) in [6.07, 6.45) is 0. The molecule has 1 aliphatic heterocycles. The topological polar surface area (TPSA) is 49.6 Å². The monoisotopic (exact) mass is 275 g/mol. The average molecular weight is 275 g/mol. The molecule has 1 unspecified atom stereocenters. The van der Waals surface area contributed by atoms with Gasteiger partial charge in [-0.1, -0.05) is 23.8 Å². The summed E-state index contributed by atoms with van der Waals surface area (Å²) in [6.45, 7) is 10.2. The van der Waals surface area contributed by atoms with Crippen molar-refractivity contribution in [3.8, 4) is 0 Å². The number of benzene rings is 1. The first-order valence-electron chi connectivity index (χ1n) is 7.28. The molecule has 0 saturated carbocycles. The van der Waals surface area contributed by atoms with Crippen molar-refractivity contribution >= 4 is 5.91 Å². The van der Waals surface area contributed by atoms with Gasteiger partial charge in [-0.05, 0) is 25.0 Å². The van der Waals surface area contributed by atoms with E-state index in [9.17, 15) is 4.79 Å². The Morgan fingerprint density at radius 1 is 1.25 bits per heavy atom. The number of carbonyl (C=O) groups is 1. The number of rotatable bonds is 3. The molecule has 110 valence electrons. The van der Waals surface area contributed by atoms with Crippen LogP contribution in [0.1, 0.15) is 29.7 Å². The summed E-state index contributed by atoms with van der Waals surface area (Å²) in [4.78, 5) is 15.6. The van der Waals surface area contributed by atoms with E-state index in [1.807, 2.05) is 4.90 Å². The van der Waals surface area contributed by atoms with Crippen LogP contribution in [-0.2, 0) is 4.79 Å². The van der Waals surface area contributed by atoms with Crippen molar-refractivity contribution in [1.29, 1.82) is 0 Å². The predicted octanol–water partition coefficient (Wildman–Crippen LogP) is 1.47. The van der Waals surface area contributed by atoms with Gasteiger partial charge in [0.2, 0.25) is 5.91 Å². The first kappa shape index (κ1) is 15.0. The maximum atomic E-state index is 11.3. The Morgan fingerprint density at radius 2 is 1.90 bits per heavy atom. The molecule has 2 N–H and O–H groups in total. The maximum absolute atomic E-state index is 11.3. The molecular weight excluding hydrogens is 250 g/mol. The minimum atomic E-state index is 0.0405. The van der Waals surface area contributed by atoms with Crippen LogP contribution in [0.2, 0.25) is 0 Å². The molecule has 1 saturated heterocycles. The summed E-state index contributed by atoms with van der Waals surface area (Å²) in [6, 6.07) is 6.49. The molecule has 0 radical (unpaired) electrons. The standard InChI is InChI=1S/C16H25N3O/c1-12-4-5-13(2)15(10-12)16(17)11-18-6-8-19(9-7-18)14(3)20/h4-5,10,16H,6-9,11,17H2,1-3H3. The van der Waals surface area contributed by atoms with Crippen molar-refractivity contribution in [3.05, 3.63) is 34.9 Å². The third kappa shape index (κ3) is 3.58. The van der Waals surface area contributed by atoms with E-state index in [1.165, 1.54) is 16.7 Å². The SMILES string of the molecule is CC(=O)N1CCN(CC(N)c2cc(C)ccc2C)CC1. The van der Waals surface area contributed by atoms with Crippen LogP contribution in [0.3, 0.4) is 0 Å². The number of nitrogens with zero attached hydrogens (tertiary/aromatic N) is 2. The summed E-state index contributed by atoms with van der Waals surface area (Å²) >= 11 is 0. The molecule has 0 aliphatic carbocycles. The molecule has 4 nitrogen and oxygen atoms in total. The van der Waals surface area contributed by atoms with Gasteiger partial charge in [0.15, 0.2) is 0 Å². The number of nitrogens with two attached hydrogens (primary N) is 1. The number of piperazine rings is 1. The molecule has 1 fully saturated rings. The highest BCUT2D eigenvalue weighted by Gasteiger charge is 2.21. The Kier molecular flexibility index (Phi) is 4.78. The van der Waals surface area contributed by atoms with Gasteiger partial charge >= 0.3 is 0 Å². The second-order valence-electron chi connectivity index (χ2n) is 5.77. The number of carbonyl (C=O) groups excluding carboxylic acids is 1. The fourth-order valence-corrected chi connectivity index (χ4v) is 2.78. The highest BCUT2D eigenvalue weighted by molar-refractivity contribution is 5.73. The molecule has 1 aromatic carbocycles. The zero-order chi connectivity index (χ0) is 14.7. The van der Waals surface area contributed by atoms with Gasteiger partial charge in [0, 0.05) is 45.7 Å². The van der Waals surface area contributed by atoms with E-state index in [-0.39, 0.29) is 11.9 Å². The minimum absolute atomic E-state index is 0.0405. The van der Waals surface area contributed by atoms with Gasteiger partial charge in [-0.25, -0.2) is 0 Å². The molecule has 0 spiro atoms. The number of amides is 1. The maximum Gasteiger partial charge on any atom is 0.219 e. The van der Waals surface area contributed by atoms with Gasteiger partial charge < -0.3 is 10.6 Å². The van der Waals surface area contributed by atoms with E-state index >= 15 is 0 Å². The van der Waals surface area contributed by atoms with Crippen molar-refractivity contribution in [2.24, 2.45) is 5.73 Å². The van der Waals surface area contributed by atoms with Crippen LogP contribution < -0.4 is 5.73 Å². The Bertz CT molecular complexity index is 479. The van der Waals surface area contributed by atoms with Gasteiger partial charge in [0.1, 0.15) is 0 Å². The number of hydrogen-bond acceptors (Lipinski definition) is 3. The van der Waals surface area contributed by atoms with E-state index < -0.39 is 0 Å². The zero-order valence-electron chi connectivity index (χ0n) is 12.7. The second-order valence-corrected chi connectivity index (χ2v) is 5.77. The summed E-state index contributed by atoms with van der Waals surface area (Å²) in [7, 11) is 0. The molecule has 20 heavy (non-hydrogen) atoms. The molecule has 1 heterocycles. The van der Waals surface area contributed by atoms with Crippen molar-refractivity contribution in [3.63, 3.8) is 0 Å². The van der Waals surface area contributed by atoms with Crippen molar-refractivity contribution in [2.75, 3.05) is 32.7 Å². The molecule has 1 aliphatic rings. The number of hydrogen-bond donors (Lipinski definition) is 1. The Balaban J connectivity index is 1.94. The van der Waals surface area contributed by atoms with Gasteiger partial charge in [0.25, 0.3) is 0 Å². The van der Waals surface area contributed by atoms with Crippen LogP contribution in [0.15, 0.2) is 18.2 Å². The molecule has 0 aromatic heterocycles. The smallest absolute Gasteiger partial charge is 0.219 e. The number of aryl methyl sites for hydroxylation is 2. The minimum Gasteiger partial charge on any atom is -0.340 e. The van der Waals surface area contributed by atoms with E-state index in [0.717, 1.165) is 32.7 Å². The quantitative estimate of drug-likeness (QED) is 0.909. The largest absolute Gasteiger partial charge is 0.340 e. The van der Waals surface area contributed by atoms with Crippen LogP contribution in [-0.4, -0.2) is 48.4 Å². The molecule has 1 atom stereocenters. The predicted molar refractivity (Wildman–Crippen MR) is 81.5 cm³/mol. The third-order valence-corrected chi connectivity index (χ3v) is 4.11. The van der Waals surface area contributed by atoms with E-state index in [0.29, 0.717) is 0 Å². The normalized spacial score (nSPS) is 18.1. The zero-order valence-corrected chi connectivity index (χ0v) is 12.7. The molecular formula is C16H25N3O. The van der Waals surface area contributed by atoms with E-state index in [1.54, 1.807) is 6.92 Å². The summed E-state index contributed by atoms with van der Waals surface area (Å²) in [5, 5.41) is 0. The average Bonchev–Trinajstić information content (AvgIpc) is 2.42. The van der Waals surface area contributed by atoms with Gasteiger partial charge in [-0.2, -0.15) is 0 Å². The summed E-state index contributed by atoms with van der Waals surface area (Å²) in [5.41, 5.74) is 10.1. The second kappa shape index (κ2) is 6.37. The van der Waals surface area contributed by atoms with Crippen LogP contribution in [0.25, 0.3) is 0 Å². The molecule has 1 amide bonds. The van der Waals surface area contributed by atoms with Crippen LogP contribution >= 0.6 is 0 Å². The van der Waals surface area contributed by atoms with Crippen LogP contribution in [0.5, 0.6) is 0 Å². The highest BCUT2D eigenvalue weighted by atomic mass is 16.2. The summed E-state index contributed by atoms with van der Waals surface area (Å²) in [5.74, 6) is 0.170. The van der Waals surface area contributed by atoms with E-state index in [2.05, 4.69) is 36.9 Å². The van der Waals surface area contributed by atoms with Crippen LogP contribution in [0.4, 0.5) is 0 Å². The fourth-order valence-electron chi connectivity index (χ4n) is 2.78. The molecule has 4 heteroatoms.